The first-order chi connectivity index (χ1) is 7.09. The van der Waals surface area contributed by atoms with Crippen molar-refractivity contribution in [2.75, 3.05) is 6.61 Å². The van der Waals surface area contributed by atoms with Crippen molar-refractivity contribution in [1.82, 2.24) is 0 Å². The SMILES string of the molecule is C[C@@]12CC[C@H](O)[C@H](CO)[C@H]1CCCC2=O. The molecule has 2 fully saturated rings. The van der Waals surface area contributed by atoms with E-state index < -0.39 is 6.10 Å². The van der Waals surface area contributed by atoms with Crippen LogP contribution in [-0.2, 0) is 4.79 Å². The van der Waals surface area contributed by atoms with Gasteiger partial charge in [-0.1, -0.05) is 6.92 Å². The maximum absolute atomic E-state index is 12.0. The molecular weight excluding hydrogens is 192 g/mol. The van der Waals surface area contributed by atoms with E-state index in [1.807, 2.05) is 6.92 Å². The standard InChI is InChI=1S/C12H20O3/c1-12-6-5-10(14)8(7-13)9(12)3-2-4-11(12)15/h8-10,13-14H,2-7H2,1H3/t8-,9-,10+,12-/m1/s1. The van der Waals surface area contributed by atoms with Gasteiger partial charge >= 0.3 is 0 Å². The lowest BCUT2D eigenvalue weighted by molar-refractivity contribution is -0.146. The summed E-state index contributed by atoms with van der Waals surface area (Å²) in [6.07, 6.45) is 3.60. The van der Waals surface area contributed by atoms with Gasteiger partial charge in [-0.3, -0.25) is 4.79 Å². The topological polar surface area (TPSA) is 57.5 Å². The van der Waals surface area contributed by atoms with E-state index in [-0.39, 0.29) is 23.9 Å². The van der Waals surface area contributed by atoms with Crippen molar-refractivity contribution >= 4 is 5.78 Å². The quantitative estimate of drug-likeness (QED) is 0.685. The van der Waals surface area contributed by atoms with Crippen LogP contribution in [0.5, 0.6) is 0 Å². The molecule has 0 bridgehead atoms. The van der Waals surface area contributed by atoms with Crippen molar-refractivity contribution in [3.8, 4) is 0 Å². The highest BCUT2D eigenvalue weighted by molar-refractivity contribution is 5.85. The van der Waals surface area contributed by atoms with Crippen LogP contribution in [0.3, 0.4) is 0 Å². The van der Waals surface area contributed by atoms with Crippen LogP contribution in [0.4, 0.5) is 0 Å². The number of carbonyl (C=O) groups is 1. The minimum absolute atomic E-state index is 0.00863. The first-order valence-electron chi connectivity index (χ1n) is 5.92. The predicted octanol–water partition coefficient (Wildman–Crippen LogP) is 1.13. The molecule has 0 amide bonds. The third kappa shape index (κ3) is 1.62. The molecule has 86 valence electrons. The number of carbonyl (C=O) groups excluding carboxylic acids is 1. The smallest absolute Gasteiger partial charge is 0.139 e. The first-order valence-corrected chi connectivity index (χ1v) is 5.92. The highest BCUT2D eigenvalue weighted by atomic mass is 16.3. The molecule has 3 nitrogen and oxygen atoms in total. The molecule has 3 heteroatoms. The molecule has 15 heavy (non-hydrogen) atoms. The zero-order chi connectivity index (χ0) is 11.1. The Labute approximate surface area is 90.5 Å². The zero-order valence-corrected chi connectivity index (χ0v) is 9.28. The number of hydrogen-bond donors (Lipinski definition) is 2. The summed E-state index contributed by atoms with van der Waals surface area (Å²) in [4.78, 5) is 12.0. The molecule has 0 aromatic heterocycles. The average Bonchev–Trinajstić information content (AvgIpc) is 2.22. The van der Waals surface area contributed by atoms with E-state index in [0.29, 0.717) is 18.6 Å². The molecule has 0 unspecified atom stereocenters. The molecular formula is C12H20O3. The Hall–Kier alpha value is -0.410. The van der Waals surface area contributed by atoms with Gasteiger partial charge in [0.25, 0.3) is 0 Å². The van der Waals surface area contributed by atoms with E-state index in [1.54, 1.807) is 0 Å². The first kappa shape index (κ1) is 11.1. The van der Waals surface area contributed by atoms with Gasteiger partial charge in [-0.2, -0.15) is 0 Å². The normalized spacial score (nSPS) is 46.3. The molecule has 2 aliphatic rings. The van der Waals surface area contributed by atoms with Crippen LogP contribution < -0.4 is 0 Å². The summed E-state index contributed by atoms with van der Waals surface area (Å²) in [6.45, 7) is 2.03. The molecule has 2 N–H and O–H groups in total. The fraction of sp³-hybridized carbons (Fsp3) is 0.917. The Balaban J connectivity index is 2.26. The lowest BCUT2D eigenvalue weighted by Gasteiger charge is -2.49. The minimum Gasteiger partial charge on any atom is -0.396 e. The second-order valence-corrected chi connectivity index (χ2v) is 5.29. The van der Waals surface area contributed by atoms with Gasteiger partial charge in [-0.05, 0) is 31.6 Å². The van der Waals surface area contributed by atoms with Crippen molar-refractivity contribution in [2.45, 2.75) is 45.1 Å². The number of rotatable bonds is 1. The van der Waals surface area contributed by atoms with E-state index in [1.165, 1.54) is 0 Å². The van der Waals surface area contributed by atoms with E-state index in [4.69, 9.17) is 0 Å². The second kappa shape index (κ2) is 3.87. The number of fused-ring (bicyclic) bond motifs is 1. The molecule has 2 saturated carbocycles. The van der Waals surface area contributed by atoms with Gasteiger partial charge in [0.2, 0.25) is 0 Å². The fourth-order valence-electron chi connectivity index (χ4n) is 3.48. The van der Waals surface area contributed by atoms with Crippen LogP contribution in [0.15, 0.2) is 0 Å². The van der Waals surface area contributed by atoms with E-state index >= 15 is 0 Å². The van der Waals surface area contributed by atoms with Gasteiger partial charge < -0.3 is 10.2 Å². The molecule has 2 aliphatic carbocycles. The minimum atomic E-state index is -0.418. The Kier molecular flexibility index (Phi) is 2.86. The van der Waals surface area contributed by atoms with Crippen molar-refractivity contribution in [1.29, 1.82) is 0 Å². The average molecular weight is 212 g/mol. The summed E-state index contributed by atoms with van der Waals surface area (Å²) in [5.74, 6) is 0.435. The van der Waals surface area contributed by atoms with Crippen molar-refractivity contribution in [2.24, 2.45) is 17.3 Å². The molecule has 0 radical (unpaired) electrons. The highest BCUT2D eigenvalue weighted by Crippen LogP contribution is 2.50. The summed E-state index contributed by atoms with van der Waals surface area (Å²) >= 11 is 0. The highest BCUT2D eigenvalue weighted by Gasteiger charge is 2.50. The molecule has 2 rings (SSSR count). The number of hydrogen-bond acceptors (Lipinski definition) is 3. The summed E-state index contributed by atoms with van der Waals surface area (Å²) in [5, 5.41) is 19.2. The van der Waals surface area contributed by atoms with Crippen LogP contribution in [0, 0.1) is 17.3 Å². The van der Waals surface area contributed by atoms with E-state index in [0.717, 1.165) is 19.3 Å². The van der Waals surface area contributed by atoms with Crippen molar-refractivity contribution < 1.29 is 15.0 Å². The number of aliphatic hydroxyl groups excluding tert-OH is 2. The molecule has 0 spiro atoms. The van der Waals surface area contributed by atoms with Crippen LogP contribution in [0.2, 0.25) is 0 Å². The van der Waals surface area contributed by atoms with Crippen molar-refractivity contribution in [3.63, 3.8) is 0 Å². The Morgan fingerprint density at radius 1 is 1.47 bits per heavy atom. The third-order valence-electron chi connectivity index (χ3n) is 4.56. The van der Waals surface area contributed by atoms with Gasteiger partial charge in [0.15, 0.2) is 0 Å². The van der Waals surface area contributed by atoms with Gasteiger partial charge in [-0.25, -0.2) is 0 Å². The third-order valence-corrected chi connectivity index (χ3v) is 4.56. The number of ketones is 1. The van der Waals surface area contributed by atoms with Crippen LogP contribution in [0.1, 0.15) is 39.0 Å². The number of aliphatic hydroxyl groups is 2. The maximum Gasteiger partial charge on any atom is 0.139 e. The second-order valence-electron chi connectivity index (χ2n) is 5.29. The lowest BCUT2D eigenvalue weighted by Crippen LogP contribution is -2.51. The van der Waals surface area contributed by atoms with Gasteiger partial charge in [0.1, 0.15) is 5.78 Å². The molecule has 4 atom stereocenters. The van der Waals surface area contributed by atoms with Crippen LogP contribution in [-0.4, -0.2) is 28.7 Å². The van der Waals surface area contributed by atoms with E-state index in [9.17, 15) is 15.0 Å². The Morgan fingerprint density at radius 3 is 2.87 bits per heavy atom. The summed E-state index contributed by atoms with van der Waals surface area (Å²) in [7, 11) is 0. The predicted molar refractivity (Wildman–Crippen MR) is 56.3 cm³/mol. The van der Waals surface area contributed by atoms with Gasteiger partial charge in [0, 0.05) is 24.4 Å². The lowest BCUT2D eigenvalue weighted by atomic mass is 9.55. The molecule has 0 heterocycles. The molecule has 0 saturated heterocycles. The maximum atomic E-state index is 12.0. The summed E-state index contributed by atoms with van der Waals surface area (Å²) in [6, 6.07) is 0. The van der Waals surface area contributed by atoms with Crippen LogP contribution in [0.25, 0.3) is 0 Å². The monoisotopic (exact) mass is 212 g/mol. The molecule has 0 aromatic carbocycles. The van der Waals surface area contributed by atoms with E-state index in [2.05, 4.69) is 0 Å². The largest absolute Gasteiger partial charge is 0.396 e. The summed E-state index contributed by atoms with van der Waals surface area (Å²) < 4.78 is 0. The molecule has 0 aromatic rings. The van der Waals surface area contributed by atoms with Crippen molar-refractivity contribution in [3.05, 3.63) is 0 Å². The summed E-state index contributed by atoms with van der Waals surface area (Å²) in [5.41, 5.74) is -0.273. The Morgan fingerprint density at radius 2 is 2.20 bits per heavy atom. The van der Waals surface area contributed by atoms with Gasteiger partial charge in [-0.15, -0.1) is 0 Å². The molecule has 0 aliphatic heterocycles. The Bertz CT molecular complexity index is 264. The van der Waals surface area contributed by atoms with Crippen LogP contribution >= 0.6 is 0 Å². The number of Topliss-reactive ketones (excluding diaryl/α,β-unsaturated/α-hetero) is 1. The zero-order valence-electron chi connectivity index (χ0n) is 9.28. The fourth-order valence-corrected chi connectivity index (χ4v) is 3.48. The van der Waals surface area contributed by atoms with Gasteiger partial charge in [0.05, 0.1) is 6.10 Å².